The Morgan fingerprint density at radius 2 is 2.10 bits per heavy atom. The lowest BCUT2D eigenvalue weighted by atomic mass is 10.00. The Bertz CT molecular complexity index is 486. The van der Waals surface area contributed by atoms with Gasteiger partial charge in [-0.25, -0.2) is 13.6 Å². The van der Waals surface area contributed by atoms with Crippen LogP contribution in [0.4, 0.5) is 22.4 Å². The predicted octanol–water partition coefficient (Wildman–Crippen LogP) is 3.13. The summed E-state index contributed by atoms with van der Waals surface area (Å²) in [6.45, 7) is -4.12. The fourth-order valence-corrected chi connectivity index (χ4v) is 1.71. The highest BCUT2D eigenvalue weighted by Gasteiger charge is 2.46. The van der Waals surface area contributed by atoms with Crippen LogP contribution < -0.4 is 10.1 Å². The zero-order valence-corrected chi connectivity index (χ0v) is 10.6. The molecule has 0 aliphatic carbocycles. The number of halogens is 5. The van der Waals surface area contributed by atoms with Gasteiger partial charge in [0.05, 0.1) is 0 Å². The van der Waals surface area contributed by atoms with Crippen molar-refractivity contribution in [3.05, 3.63) is 29.8 Å². The van der Waals surface area contributed by atoms with Crippen molar-refractivity contribution in [3.8, 4) is 5.75 Å². The highest BCUT2D eigenvalue weighted by Crippen LogP contribution is 2.35. The minimum absolute atomic E-state index is 0. The first kappa shape index (κ1) is 16.4. The molecule has 1 N–H and O–H groups in total. The number of nitrogens with one attached hydrogen (secondary N) is 1. The average molecular weight is 316 g/mol. The number of alkyl halides is 4. The monoisotopic (exact) mass is 315 g/mol. The summed E-state index contributed by atoms with van der Waals surface area (Å²) in [7, 11) is 0. The van der Waals surface area contributed by atoms with E-state index in [1.807, 2.05) is 5.32 Å². The van der Waals surface area contributed by atoms with Crippen molar-refractivity contribution >= 4 is 18.5 Å². The molecule has 0 aromatic heterocycles. The van der Waals surface area contributed by atoms with Gasteiger partial charge in [-0.1, -0.05) is 12.1 Å². The summed E-state index contributed by atoms with van der Waals surface area (Å²) in [6.07, 6.45) is -0.990. The van der Waals surface area contributed by atoms with Crippen molar-refractivity contribution in [1.29, 1.82) is 0 Å². The van der Waals surface area contributed by atoms with Crippen molar-refractivity contribution in [2.45, 2.75) is 18.6 Å². The van der Waals surface area contributed by atoms with E-state index in [9.17, 15) is 22.4 Å². The zero-order chi connectivity index (χ0) is 14.0. The van der Waals surface area contributed by atoms with E-state index in [4.69, 9.17) is 0 Å². The van der Waals surface area contributed by atoms with Crippen LogP contribution in [0.5, 0.6) is 5.75 Å². The Morgan fingerprint density at radius 1 is 1.40 bits per heavy atom. The summed E-state index contributed by atoms with van der Waals surface area (Å²) >= 11 is 0. The topological polar surface area (TPSA) is 47.6 Å². The predicted molar refractivity (Wildman–Crippen MR) is 62.5 cm³/mol. The fraction of sp³-hybridized carbons (Fsp3) is 0.364. The molecule has 1 atom stereocenters. The Hall–Kier alpha value is -1.70. The van der Waals surface area contributed by atoms with Crippen molar-refractivity contribution in [1.82, 2.24) is 5.32 Å². The zero-order valence-electron chi connectivity index (χ0n) is 9.82. The van der Waals surface area contributed by atoms with E-state index < -0.39 is 31.3 Å². The van der Waals surface area contributed by atoms with Gasteiger partial charge >= 0.3 is 18.6 Å². The number of rotatable bonds is 3. The molecule has 4 nitrogen and oxygen atoms in total. The van der Waals surface area contributed by atoms with E-state index in [0.717, 1.165) is 6.07 Å². The number of hydrogen-bond acceptors (Lipinski definition) is 3. The van der Waals surface area contributed by atoms with E-state index in [0.29, 0.717) is 0 Å². The molecular formula is C11H10ClF4NO3. The first-order valence-electron chi connectivity index (χ1n) is 5.24. The normalized spacial score (nSPS) is 20.6. The number of carbonyl (C=O) groups is 1. The molecule has 2 rings (SSSR count). The van der Waals surface area contributed by atoms with Crippen LogP contribution in [0.15, 0.2) is 24.3 Å². The molecule has 0 spiro atoms. The first-order chi connectivity index (χ1) is 8.88. The Balaban J connectivity index is 0.00000200. The van der Waals surface area contributed by atoms with Crippen LogP contribution >= 0.6 is 12.4 Å². The lowest BCUT2D eigenvalue weighted by molar-refractivity contribution is -0.104. The third-order valence-corrected chi connectivity index (χ3v) is 2.50. The van der Waals surface area contributed by atoms with Gasteiger partial charge in [-0.05, 0) is 17.7 Å². The van der Waals surface area contributed by atoms with Crippen molar-refractivity contribution < 1.29 is 31.8 Å². The number of ether oxygens (including phenoxy) is 2. The number of benzene rings is 1. The van der Waals surface area contributed by atoms with Gasteiger partial charge in [-0.15, -0.1) is 12.4 Å². The quantitative estimate of drug-likeness (QED) is 0.872. The molecule has 1 saturated heterocycles. The van der Waals surface area contributed by atoms with Gasteiger partial charge in [0.25, 0.3) is 0 Å². The van der Waals surface area contributed by atoms with Gasteiger partial charge in [0.2, 0.25) is 0 Å². The van der Waals surface area contributed by atoms with Crippen LogP contribution in [0.25, 0.3) is 0 Å². The lowest BCUT2D eigenvalue weighted by Crippen LogP contribution is -2.49. The Labute approximate surface area is 117 Å². The summed E-state index contributed by atoms with van der Waals surface area (Å²) in [5, 5.41) is 1.95. The molecule has 9 heteroatoms. The van der Waals surface area contributed by atoms with Gasteiger partial charge in [-0.2, -0.15) is 8.78 Å². The number of cyclic esters (lactones) is 1. The summed E-state index contributed by atoms with van der Waals surface area (Å²) in [5.41, 5.74) is -0.0419. The molecular weight excluding hydrogens is 306 g/mol. The number of carbonyl (C=O) groups excluding carboxylic acids is 1. The molecule has 0 unspecified atom stereocenters. The standard InChI is InChI=1S/C11H9F4NO3.ClH/c12-9(13)19-7-3-1-2-6(4-7)8-11(14,15)5-18-10(17)16-8;/h1-4,8-9H,5H2,(H,16,17);1H/t8-;/m0./s1. The number of alkyl carbamates (subject to hydrolysis) is 1. The average Bonchev–Trinajstić information content (AvgIpc) is 2.32. The largest absolute Gasteiger partial charge is 0.443 e. The molecule has 20 heavy (non-hydrogen) atoms. The molecule has 1 aromatic carbocycles. The minimum Gasteiger partial charge on any atom is -0.443 e. The fourth-order valence-electron chi connectivity index (χ4n) is 1.71. The van der Waals surface area contributed by atoms with E-state index in [2.05, 4.69) is 9.47 Å². The summed E-state index contributed by atoms with van der Waals surface area (Å²) in [5.74, 6) is -3.60. The molecule has 112 valence electrons. The highest BCUT2D eigenvalue weighted by atomic mass is 35.5. The smallest absolute Gasteiger partial charge is 0.408 e. The van der Waals surface area contributed by atoms with Crippen molar-refractivity contribution in [2.24, 2.45) is 0 Å². The maximum atomic E-state index is 13.6. The summed E-state index contributed by atoms with van der Waals surface area (Å²) < 4.78 is 59.6. The molecule has 1 fully saturated rings. The van der Waals surface area contributed by atoms with Crippen molar-refractivity contribution in [2.75, 3.05) is 6.61 Å². The van der Waals surface area contributed by atoms with E-state index in [1.165, 1.54) is 18.2 Å². The second-order valence-corrected chi connectivity index (χ2v) is 3.87. The maximum Gasteiger partial charge on any atom is 0.408 e. The van der Waals surface area contributed by atoms with Crippen LogP contribution in [0, 0.1) is 0 Å². The number of amides is 1. The molecule has 0 bridgehead atoms. The van der Waals surface area contributed by atoms with E-state index >= 15 is 0 Å². The van der Waals surface area contributed by atoms with Crippen LogP contribution in [-0.2, 0) is 4.74 Å². The number of hydrogen-bond donors (Lipinski definition) is 1. The van der Waals surface area contributed by atoms with Crippen LogP contribution in [-0.4, -0.2) is 25.2 Å². The third-order valence-electron chi connectivity index (χ3n) is 2.50. The lowest BCUT2D eigenvalue weighted by Gasteiger charge is -2.31. The second-order valence-electron chi connectivity index (χ2n) is 3.87. The molecule has 1 aromatic rings. The molecule has 0 radical (unpaired) electrons. The maximum absolute atomic E-state index is 13.6. The van der Waals surface area contributed by atoms with Crippen LogP contribution in [0.1, 0.15) is 11.6 Å². The van der Waals surface area contributed by atoms with Gasteiger partial charge in [-0.3, -0.25) is 0 Å². The summed E-state index contributed by atoms with van der Waals surface area (Å²) in [4.78, 5) is 11.0. The van der Waals surface area contributed by atoms with Gasteiger partial charge in [0.15, 0.2) is 6.61 Å². The third kappa shape index (κ3) is 3.66. The molecule has 1 heterocycles. The van der Waals surface area contributed by atoms with Crippen LogP contribution in [0.3, 0.4) is 0 Å². The van der Waals surface area contributed by atoms with Gasteiger partial charge in [0, 0.05) is 0 Å². The van der Waals surface area contributed by atoms with E-state index in [1.54, 1.807) is 0 Å². The molecule has 1 amide bonds. The summed E-state index contributed by atoms with van der Waals surface area (Å²) in [6, 6.07) is 3.15. The molecule has 1 aliphatic rings. The molecule has 1 aliphatic heterocycles. The Morgan fingerprint density at radius 3 is 2.75 bits per heavy atom. The Kier molecular flexibility index (Phi) is 5.04. The minimum atomic E-state index is -3.34. The highest BCUT2D eigenvalue weighted by molar-refractivity contribution is 5.85. The second kappa shape index (κ2) is 6.17. The van der Waals surface area contributed by atoms with Crippen molar-refractivity contribution in [3.63, 3.8) is 0 Å². The van der Waals surface area contributed by atoms with E-state index in [-0.39, 0.29) is 23.7 Å². The SMILES string of the molecule is Cl.O=C1N[C@@H](c2cccc(OC(F)F)c2)C(F)(F)CO1. The first-order valence-corrected chi connectivity index (χ1v) is 5.24. The van der Waals surface area contributed by atoms with Gasteiger partial charge in [0.1, 0.15) is 11.8 Å². The van der Waals surface area contributed by atoms with Gasteiger partial charge < -0.3 is 14.8 Å². The molecule has 0 saturated carbocycles. The van der Waals surface area contributed by atoms with Crippen LogP contribution in [0.2, 0.25) is 0 Å².